The molecule has 0 aromatic carbocycles. The van der Waals surface area contributed by atoms with E-state index in [-0.39, 0.29) is 17.3 Å². The molecule has 0 saturated heterocycles. The van der Waals surface area contributed by atoms with Gasteiger partial charge in [-0.2, -0.15) is 0 Å². The van der Waals surface area contributed by atoms with Gasteiger partial charge in [-0.25, -0.2) is 9.59 Å². The normalized spacial score (nSPS) is 14.4. The Balaban J connectivity index is 1.82. The molecule has 2 atom stereocenters. The standard InChI is InChI=1S/C23H40N4O5S3/c1-7-24-16-18(28)26(20(24)29)22(3,4)10-14-34(31)12-9-13-35(32)15-11-23(5,6)27-19(33)17-25(8-2)21(27)30/h16-17,28,33H,7-15H2,1-6H3. The molecule has 200 valence electrons. The minimum Gasteiger partial charge on any atom is -0.493 e. The van der Waals surface area contributed by atoms with E-state index in [9.17, 15) is 23.1 Å². The molecule has 12 heteroatoms. The highest BCUT2D eigenvalue weighted by Gasteiger charge is 2.28. The van der Waals surface area contributed by atoms with Gasteiger partial charge < -0.3 is 5.11 Å². The molecule has 1 N–H and O–H groups in total. The van der Waals surface area contributed by atoms with Crippen LogP contribution in [0, 0.1) is 0 Å². The maximum Gasteiger partial charge on any atom is 0.331 e. The number of rotatable bonds is 14. The lowest BCUT2D eigenvalue weighted by atomic mass is 10.0. The third-order valence-electron chi connectivity index (χ3n) is 6.39. The summed E-state index contributed by atoms with van der Waals surface area (Å²) in [7, 11) is -2.20. The molecule has 0 radical (unpaired) electrons. The van der Waals surface area contributed by atoms with E-state index < -0.39 is 32.7 Å². The number of hydrogen-bond donors (Lipinski definition) is 2. The predicted octanol–water partition coefficient (Wildman–Crippen LogP) is 2.49. The number of thiol groups is 1. The molecule has 2 heterocycles. The van der Waals surface area contributed by atoms with Crippen molar-refractivity contribution in [2.24, 2.45) is 0 Å². The van der Waals surface area contributed by atoms with Gasteiger partial charge in [-0.1, -0.05) is 0 Å². The van der Waals surface area contributed by atoms with Crippen LogP contribution in [-0.2, 0) is 45.8 Å². The molecule has 0 aliphatic carbocycles. The minimum absolute atomic E-state index is 0.0930. The van der Waals surface area contributed by atoms with Gasteiger partial charge in [-0.15, -0.1) is 12.6 Å². The van der Waals surface area contributed by atoms with E-state index in [1.807, 2.05) is 41.5 Å². The lowest BCUT2D eigenvalue weighted by Crippen LogP contribution is -2.38. The fraction of sp³-hybridized carbons (Fsp3) is 0.739. The summed E-state index contributed by atoms with van der Waals surface area (Å²) < 4.78 is 31.2. The molecule has 0 fully saturated rings. The fourth-order valence-corrected chi connectivity index (χ4v) is 7.56. The summed E-state index contributed by atoms with van der Waals surface area (Å²) in [5.41, 5.74) is -1.59. The fourth-order valence-electron chi connectivity index (χ4n) is 4.08. The molecule has 2 rings (SSSR count). The largest absolute Gasteiger partial charge is 0.493 e. The number of nitrogens with zero attached hydrogens (tertiary/aromatic N) is 4. The molecule has 2 aromatic heterocycles. The molecular formula is C23H40N4O5S3. The number of aryl methyl sites for hydroxylation is 2. The Morgan fingerprint density at radius 3 is 1.66 bits per heavy atom. The van der Waals surface area contributed by atoms with Gasteiger partial charge in [0.2, 0.25) is 5.88 Å². The van der Waals surface area contributed by atoms with Gasteiger partial charge in [-0.3, -0.25) is 26.7 Å². The number of aromatic nitrogens is 4. The van der Waals surface area contributed by atoms with E-state index in [1.165, 1.54) is 15.3 Å². The summed E-state index contributed by atoms with van der Waals surface area (Å²) in [5, 5.41) is 10.8. The van der Waals surface area contributed by atoms with Gasteiger partial charge in [0.05, 0.1) is 11.2 Å². The van der Waals surface area contributed by atoms with Gasteiger partial charge in [0.25, 0.3) is 0 Å². The van der Waals surface area contributed by atoms with Crippen LogP contribution in [0.3, 0.4) is 0 Å². The Kier molecular flexibility index (Phi) is 10.3. The smallest absolute Gasteiger partial charge is 0.331 e. The zero-order valence-electron chi connectivity index (χ0n) is 21.7. The second-order valence-corrected chi connectivity index (χ2v) is 13.8. The molecular weight excluding hydrogens is 508 g/mol. The van der Waals surface area contributed by atoms with Crippen LogP contribution in [0.2, 0.25) is 0 Å². The molecule has 9 nitrogen and oxygen atoms in total. The summed E-state index contributed by atoms with van der Waals surface area (Å²) in [6, 6.07) is 0. The third-order valence-corrected chi connectivity index (χ3v) is 9.52. The summed E-state index contributed by atoms with van der Waals surface area (Å²) in [6.45, 7) is 12.3. The monoisotopic (exact) mass is 548 g/mol. The Labute approximate surface area is 217 Å². The van der Waals surface area contributed by atoms with Gasteiger partial charge in [0, 0.05) is 75.0 Å². The summed E-state index contributed by atoms with van der Waals surface area (Å²) in [4.78, 5) is 25.0. The first-order valence-corrected chi connectivity index (χ1v) is 15.4. The molecule has 0 bridgehead atoms. The van der Waals surface area contributed by atoms with E-state index in [1.54, 1.807) is 15.3 Å². The molecule has 2 aromatic rings. The van der Waals surface area contributed by atoms with Crippen molar-refractivity contribution in [3.8, 4) is 5.88 Å². The van der Waals surface area contributed by atoms with Gasteiger partial charge >= 0.3 is 11.4 Å². The molecule has 0 aliphatic rings. The number of imidazole rings is 2. The molecule has 0 amide bonds. The van der Waals surface area contributed by atoms with Crippen molar-refractivity contribution >= 4 is 34.2 Å². The third kappa shape index (κ3) is 7.25. The molecule has 0 saturated carbocycles. The maximum atomic E-state index is 12.6. The van der Waals surface area contributed by atoms with Gasteiger partial charge in [-0.05, 0) is 60.8 Å². The van der Waals surface area contributed by atoms with Crippen molar-refractivity contribution in [1.82, 2.24) is 18.3 Å². The van der Waals surface area contributed by atoms with Crippen LogP contribution in [-0.4, -0.2) is 54.8 Å². The van der Waals surface area contributed by atoms with Crippen molar-refractivity contribution in [2.45, 2.75) is 90.0 Å². The quantitative estimate of drug-likeness (QED) is 0.353. The zero-order valence-corrected chi connectivity index (χ0v) is 24.2. The van der Waals surface area contributed by atoms with Crippen LogP contribution in [0.5, 0.6) is 5.88 Å². The highest BCUT2D eigenvalue weighted by molar-refractivity contribution is 7.85. The van der Waals surface area contributed by atoms with E-state index in [4.69, 9.17) is 0 Å². The Morgan fingerprint density at radius 2 is 1.23 bits per heavy atom. The van der Waals surface area contributed by atoms with Crippen LogP contribution in [0.25, 0.3) is 0 Å². The SMILES string of the molecule is CCn1cc(O)n(C(C)(C)CCS(=O)CCCS(=O)CCC(C)(C)n2c(S)cn(CC)c2=O)c1=O. The Bertz CT molecular complexity index is 1080. The van der Waals surface area contributed by atoms with Crippen LogP contribution in [0.1, 0.15) is 60.8 Å². The Hall–Kier alpha value is -1.53. The highest BCUT2D eigenvalue weighted by atomic mass is 32.2. The van der Waals surface area contributed by atoms with Gasteiger partial charge in [0.15, 0.2) is 0 Å². The van der Waals surface area contributed by atoms with Crippen molar-refractivity contribution < 1.29 is 13.5 Å². The molecule has 0 spiro atoms. The second-order valence-electron chi connectivity index (χ2n) is 9.96. The first-order chi connectivity index (χ1) is 16.2. The van der Waals surface area contributed by atoms with Crippen LogP contribution in [0.4, 0.5) is 0 Å². The lowest BCUT2D eigenvalue weighted by molar-refractivity contribution is 0.285. The second kappa shape index (κ2) is 12.1. The van der Waals surface area contributed by atoms with Crippen LogP contribution >= 0.6 is 12.6 Å². The molecule has 35 heavy (non-hydrogen) atoms. The van der Waals surface area contributed by atoms with E-state index >= 15 is 0 Å². The van der Waals surface area contributed by atoms with E-state index in [0.717, 1.165) is 0 Å². The summed E-state index contributed by atoms with van der Waals surface area (Å²) in [6.07, 6.45) is 4.74. The lowest BCUT2D eigenvalue weighted by Gasteiger charge is -2.26. The number of hydrogen-bond acceptors (Lipinski definition) is 6. The summed E-state index contributed by atoms with van der Waals surface area (Å²) >= 11 is 4.44. The molecule has 0 aliphatic heterocycles. The van der Waals surface area contributed by atoms with Crippen molar-refractivity contribution in [3.05, 3.63) is 33.4 Å². The minimum atomic E-state index is -1.12. The van der Waals surface area contributed by atoms with Crippen molar-refractivity contribution in [2.75, 3.05) is 23.0 Å². The average Bonchev–Trinajstić information content (AvgIpc) is 3.24. The van der Waals surface area contributed by atoms with Crippen molar-refractivity contribution in [1.29, 1.82) is 0 Å². The van der Waals surface area contributed by atoms with E-state index in [0.29, 0.717) is 60.4 Å². The predicted molar refractivity (Wildman–Crippen MR) is 146 cm³/mol. The first-order valence-electron chi connectivity index (χ1n) is 12.0. The van der Waals surface area contributed by atoms with E-state index in [2.05, 4.69) is 12.6 Å². The van der Waals surface area contributed by atoms with Gasteiger partial charge in [0.1, 0.15) is 0 Å². The number of aromatic hydroxyl groups is 1. The Morgan fingerprint density at radius 1 is 0.800 bits per heavy atom. The highest BCUT2D eigenvalue weighted by Crippen LogP contribution is 2.25. The average molecular weight is 549 g/mol. The van der Waals surface area contributed by atoms with Crippen molar-refractivity contribution in [3.63, 3.8) is 0 Å². The first kappa shape index (κ1) is 29.7. The van der Waals surface area contributed by atoms with Crippen LogP contribution < -0.4 is 11.4 Å². The molecule has 2 unspecified atom stereocenters. The maximum absolute atomic E-state index is 12.6. The zero-order chi connectivity index (χ0) is 26.6. The van der Waals surface area contributed by atoms with Crippen LogP contribution in [0.15, 0.2) is 27.0 Å². The topological polar surface area (TPSA) is 108 Å². The summed E-state index contributed by atoms with van der Waals surface area (Å²) in [5.74, 6) is 1.62.